The standard InChI is InChI=1S/C17H24N2O5/c1-23-9-5-8-18-16(21)15-10-14(20)11-19(15)17(22)24-12-13-6-3-2-4-7-13/h2-4,6-7,14-15,20H,5,8-12H2,1H3,(H,18,21)/t14-,15+/m1/s1. The maximum Gasteiger partial charge on any atom is 0.410 e. The molecule has 0 radical (unpaired) electrons. The SMILES string of the molecule is COCCCNC(=O)[C@@H]1C[C@@H](O)CN1C(=O)OCc1ccccc1. The quantitative estimate of drug-likeness (QED) is 0.723. The van der Waals surface area contributed by atoms with Crippen LogP contribution in [-0.2, 0) is 20.9 Å². The van der Waals surface area contributed by atoms with Crippen LogP contribution in [0.4, 0.5) is 4.79 Å². The van der Waals surface area contributed by atoms with Crippen LogP contribution in [0.5, 0.6) is 0 Å². The number of amides is 2. The van der Waals surface area contributed by atoms with Crippen molar-refractivity contribution in [2.24, 2.45) is 0 Å². The molecule has 1 aromatic rings. The molecule has 1 heterocycles. The Bertz CT molecular complexity index is 537. The molecule has 1 aliphatic rings. The van der Waals surface area contributed by atoms with Gasteiger partial charge < -0.3 is 19.9 Å². The Morgan fingerprint density at radius 2 is 2.08 bits per heavy atom. The Hall–Kier alpha value is -2.12. The first kappa shape index (κ1) is 18.2. The van der Waals surface area contributed by atoms with E-state index in [-0.39, 0.29) is 25.5 Å². The minimum atomic E-state index is -0.719. The number of carbonyl (C=O) groups is 2. The molecule has 0 saturated carbocycles. The number of aliphatic hydroxyl groups excluding tert-OH is 1. The molecule has 7 nitrogen and oxygen atoms in total. The number of ether oxygens (including phenoxy) is 2. The predicted molar refractivity (Wildman–Crippen MR) is 87.2 cm³/mol. The first-order valence-electron chi connectivity index (χ1n) is 8.04. The summed E-state index contributed by atoms with van der Waals surface area (Å²) in [5, 5.41) is 12.6. The van der Waals surface area contributed by atoms with E-state index in [0.717, 1.165) is 5.56 Å². The number of aliphatic hydroxyl groups is 1. The van der Waals surface area contributed by atoms with Gasteiger partial charge in [-0.15, -0.1) is 0 Å². The zero-order valence-electron chi connectivity index (χ0n) is 13.8. The average Bonchev–Trinajstić information content (AvgIpc) is 2.99. The zero-order valence-corrected chi connectivity index (χ0v) is 13.8. The summed E-state index contributed by atoms with van der Waals surface area (Å²) >= 11 is 0. The molecular formula is C17H24N2O5. The molecule has 1 aromatic carbocycles. The van der Waals surface area contributed by atoms with Crippen LogP contribution in [0.15, 0.2) is 30.3 Å². The number of methoxy groups -OCH3 is 1. The molecule has 132 valence electrons. The van der Waals surface area contributed by atoms with Crippen molar-refractivity contribution in [3.05, 3.63) is 35.9 Å². The topological polar surface area (TPSA) is 88.1 Å². The number of nitrogens with one attached hydrogen (secondary N) is 1. The van der Waals surface area contributed by atoms with E-state index in [4.69, 9.17) is 9.47 Å². The van der Waals surface area contributed by atoms with Gasteiger partial charge in [-0.1, -0.05) is 30.3 Å². The summed E-state index contributed by atoms with van der Waals surface area (Å²) in [6.07, 6.45) is -0.400. The van der Waals surface area contributed by atoms with Gasteiger partial charge >= 0.3 is 6.09 Å². The molecule has 7 heteroatoms. The molecule has 2 N–H and O–H groups in total. The lowest BCUT2D eigenvalue weighted by atomic mass is 10.2. The van der Waals surface area contributed by atoms with E-state index in [0.29, 0.717) is 19.6 Å². The van der Waals surface area contributed by atoms with Crippen LogP contribution in [0.1, 0.15) is 18.4 Å². The lowest BCUT2D eigenvalue weighted by Gasteiger charge is -2.23. The number of hydrogen-bond acceptors (Lipinski definition) is 5. The first-order chi connectivity index (χ1) is 11.6. The van der Waals surface area contributed by atoms with Crippen molar-refractivity contribution in [1.82, 2.24) is 10.2 Å². The van der Waals surface area contributed by atoms with Gasteiger partial charge in [0.2, 0.25) is 5.91 Å². The highest BCUT2D eigenvalue weighted by Gasteiger charge is 2.39. The van der Waals surface area contributed by atoms with Gasteiger partial charge in [0, 0.05) is 26.7 Å². The van der Waals surface area contributed by atoms with Gasteiger partial charge in [-0.2, -0.15) is 0 Å². The third kappa shape index (κ3) is 5.21. The number of rotatable bonds is 7. The minimum Gasteiger partial charge on any atom is -0.445 e. The number of hydrogen-bond donors (Lipinski definition) is 2. The van der Waals surface area contributed by atoms with Crippen LogP contribution < -0.4 is 5.32 Å². The van der Waals surface area contributed by atoms with Crippen molar-refractivity contribution in [2.45, 2.75) is 31.6 Å². The number of β-amino-alcohol motifs (C(OH)–C–C–N with tert-alkyl or cyclic N) is 1. The van der Waals surface area contributed by atoms with Crippen LogP contribution in [0.25, 0.3) is 0 Å². The second-order valence-electron chi connectivity index (χ2n) is 5.74. The highest BCUT2D eigenvalue weighted by Crippen LogP contribution is 2.19. The monoisotopic (exact) mass is 336 g/mol. The van der Waals surface area contributed by atoms with E-state index >= 15 is 0 Å². The smallest absolute Gasteiger partial charge is 0.410 e. The van der Waals surface area contributed by atoms with Gasteiger partial charge in [-0.05, 0) is 12.0 Å². The summed E-state index contributed by atoms with van der Waals surface area (Å²) < 4.78 is 10.2. The molecule has 2 rings (SSSR count). The van der Waals surface area contributed by atoms with E-state index in [1.54, 1.807) is 7.11 Å². The van der Waals surface area contributed by atoms with Gasteiger partial charge in [0.05, 0.1) is 12.6 Å². The van der Waals surface area contributed by atoms with Crippen molar-refractivity contribution >= 4 is 12.0 Å². The maximum absolute atomic E-state index is 12.2. The predicted octanol–water partition coefficient (Wildman–Crippen LogP) is 0.911. The van der Waals surface area contributed by atoms with Crippen molar-refractivity contribution in [1.29, 1.82) is 0 Å². The number of carbonyl (C=O) groups excluding carboxylic acids is 2. The van der Waals surface area contributed by atoms with Crippen molar-refractivity contribution in [3.8, 4) is 0 Å². The van der Waals surface area contributed by atoms with Crippen molar-refractivity contribution in [2.75, 3.05) is 26.8 Å². The summed E-state index contributed by atoms with van der Waals surface area (Å²) in [5.41, 5.74) is 0.867. The average molecular weight is 336 g/mol. The Morgan fingerprint density at radius 1 is 1.33 bits per heavy atom. The maximum atomic E-state index is 12.2. The fraction of sp³-hybridized carbons (Fsp3) is 0.529. The van der Waals surface area contributed by atoms with Gasteiger partial charge in [0.25, 0.3) is 0 Å². The number of benzene rings is 1. The Kier molecular flexibility index (Phi) is 7.02. The largest absolute Gasteiger partial charge is 0.445 e. The van der Waals surface area contributed by atoms with E-state index in [1.807, 2.05) is 30.3 Å². The molecule has 1 aliphatic heterocycles. The van der Waals surface area contributed by atoms with Gasteiger partial charge in [0.1, 0.15) is 12.6 Å². The zero-order chi connectivity index (χ0) is 17.4. The van der Waals surface area contributed by atoms with Gasteiger partial charge in [-0.25, -0.2) is 4.79 Å². The summed E-state index contributed by atoms with van der Waals surface area (Å²) in [4.78, 5) is 25.8. The van der Waals surface area contributed by atoms with Crippen LogP contribution >= 0.6 is 0 Å². The molecular weight excluding hydrogens is 312 g/mol. The van der Waals surface area contributed by atoms with E-state index < -0.39 is 18.2 Å². The van der Waals surface area contributed by atoms with Crippen molar-refractivity contribution in [3.63, 3.8) is 0 Å². The van der Waals surface area contributed by atoms with E-state index in [2.05, 4.69) is 5.32 Å². The fourth-order valence-electron chi connectivity index (χ4n) is 2.61. The molecule has 1 fully saturated rings. The Labute approximate surface area is 141 Å². The van der Waals surface area contributed by atoms with E-state index in [9.17, 15) is 14.7 Å². The fourth-order valence-corrected chi connectivity index (χ4v) is 2.61. The molecule has 2 atom stereocenters. The highest BCUT2D eigenvalue weighted by atomic mass is 16.6. The molecule has 0 unspecified atom stereocenters. The lowest BCUT2D eigenvalue weighted by Crippen LogP contribution is -2.46. The molecule has 2 amide bonds. The van der Waals surface area contributed by atoms with Crippen LogP contribution in [0, 0.1) is 0 Å². The highest BCUT2D eigenvalue weighted by molar-refractivity contribution is 5.86. The van der Waals surface area contributed by atoms with Crippen LogP contribution in [-0.4, -0.2) is 61.0 Å². The molecule has 0 aromatic heterocycles. The molecule has 0 spiro atoms. The lowest BCUT2D eigenvalue weighted by molar-refractivity contribution is -0.125. The Balaban J connectivity index is 1.86. The summed E-state index contributed by atoms with van der Waals surface area (Å²) in [6, 6.07) is 8.60. The van der Waals surface area contributed by atoms with Crippen LogP contribution in [0.3, 0.4) is 0 Å². The summed E-state index contributed by atoms with van der Waals surface area (Å²) in [6.45, 7) is 1.25. The second kappa shape index (κ2) is 9.24. The molecule has 24 heavy (non-hydrogen) atoms. The van der Waals surface area contributed by atoms with E-state index in [1.165, 1.54) is 4.90 Å². The summed E-state index contributed by atoms with van der Waals surface area (Å²) in [7, 11) is 1.60. The molecule has 0 aliphatic carbocycles. The summed E-state index contributed by atoms with van der Waals surface area (Å²) in [5.74, 6) is -0.278. The minimum absolute atomic E-state index is 0.101. The third-order valence-corrected chi connectivity index (χ3v) is 3.85. The van der Waals surface area contributed by atoms with Crippen molar-refractivity contribution < 1.29 is 24.2 Å². The van der Waals surface area contributed by atoms with Crippen LogP contribution in [0.2, 0.25) is 0 Å². The normalized spacial score (nSPS) is 20.0. The Morgan fingerprint density at radius 3 is 2.79 bits per heavy atom. The first-order valence-corrected chi connectivity index (χ1v) is 8.04. The van der Waals surface area contributed by atoms with Gasteiger partial charge in [-0.3, -0.25) is 9.69 Å². The number of nitrogens with zero attached hydrogens (tertiary/aromatic N) is 1. The molecule has 0 bridgehead atoms. The molecule has 1 saturated heterocycles. The van der Waals surface area contributed by atoms with Gasteiger partial charge in [0.15, 0.2) is 0 Å². The number of likely N-dealkylation sites (tertiary alicyclic amines) is 1. The second-order valence-corrected chi connectivity index (χ2v) is 5.74. The third-order valence-electron chi connectivity index (χ3n) is 3.85.